The first kappa shape index (κ1) is 13.9. The highest BCUT2D eigenvalue weighted by atomic mass is 35.5. The Kier molecular flexibility index (Phi) is 4.15. The van der Waals surface area contributed by atoms with Gasteiger partial charge in [-0.3, -0.25) is 0 Å². The fraction of sp³-hybridized carbons (Fsp3) is 0.333. The number of benzene rings is 1. The second kappa shape index (κ2) is 5.66. The zero-order chi connectivity index (χ0) is 14.0. The fourth-order valence-electron chi connectivity index (χ4n) is 2.29. The second-order valence-electron chi connectivity index (χ2n) is 4.68. The van der Waals surface area contributed by atoms with E-state index in [1.807, 2.05) is 26.8 Å². The number of halogens is 2. The molecule has 0 saturated heterocycles. The maximum atomic E-state index is 14.2. The van der Waals surface area contributed by atoms with Crippen LogP contribution in [0.4, 0.5) is 4.39 Å². The molecule has 4 heteroatoms. The van der Waals surface area contributed by atoms with Gasteiger partial charge in [-0.15, -0.1) is 0 Å². The molecular formula is C15H16ClFN2. The van der Waals surface area contributed by atoms with Crippen LogP contribution in [0, 0.1) is 19.7 Å². The minimum Gasteiger partial charge on any atom is -0.236 e. The first-order chi connectivity index (χ1) is 9.04. The van der Waals surface area contributed by atoms with Gasteiger partial charge in [0.25, 0.3) is 0 Å². The molecule has 0 saturated carbocycles. The van der Waals surface area contributed by atoms with Crippen LogP contribution < -0.4 is 0 Å². The lowest BCUT2D eigenvalue weighted by atomic mass is 9.97. The third-order valence-electron chi connectivity index (χ3n) is 3.06. The Hall–Kier alpha value is -1.48. The van der Waals surface area contributed by atoms with Gasteiger partial charge in [0.15, 0.2) is 0 Å². The second-order valence-corrected chi connectivity index (χ2v) is 5.04. The summed E-state index contributed by atoms with van der Waals surface area (Å²) >= 11 is 6.12. The largest absolute Gasteiger partial charge is 0.236 e. The summed E-state index contributed by atoms with van der Waals surface area (Å²) in [4.78, 5) is 8.24. The maximum absolute atomic E-state index is 14.2. The number of rotatable bonds is 3. The Labute approximate surface area is 117 Å². The predicted octanol–water partition coefficient (Wildman–Crippen LogP) is 4.51. The van der Waals surface area contributed by atoms with Gasteiger partial charge >= 0.3 is 0 Å². The van der Waals surface area contributed by atoms with Crippen molar-refractivity contribution in [3.8, 4) is 11.3 Å². The van der Waals surface area contributed by atoms with Gasteiger partial charge in [0, 0.05) is 11.1 Å². The number of hydrogen-bond acceptors (Lipinski definition) is 2. The van der Waals surface area contributed by atoms with E-state index in [1.165, 1.54) is 12.4 Å². The van der Waals surface area contributed by atoms with Crippen LogP contribution in [0.15, 0.2) is 18.5 Å². The Balaban J connectivity index is 2.69. The molecule has 100 valence electrons. The molecule has 0 aliphatic carbocycles. The van der Waals surface area contributed by atoms with Gasteiger partial charge in [-0.1, -0.05) is 31.0 Å². The Bertz CT molecular complexity index is 588. The summed E-state index contributed by atoms with van der Waals surface area (Å²) < 4.78 is 14.2. The van der Waals surface area contributed by atoms with Crippen LogP contribution in [-0.2, 0) is 6.42 Å². The summed E-state index contributed by atoms with van der Waals surface area (Å²) in [7, 11) is 0. The van der Waals surface area contributed by atoms with E-state index in [0.29, 0.717) is 16.4 Å². The lowest BCUT2D eigenvalue weighted by Crippen LogP contribution is -2.00. The smallest absolute Gasteiger partial charge is 0.136 e. The molecule has 0 aliphatic heterocycles. The molecule has 0 N–H and O–H groups in total. The molecule has 2 aromatic rings. The molecule has 0 atom stereocenters. The summed E-state index contributed by atoms with van der Waals surface area (Å²) in [5, 5.41) is 0.409. The number of aryl methyl sites for hydroxylation is 2. The van der Waals surface area contributed by atoms with Gasteiger partial charge in [0.05, 0.1) is 5.69 Å². The van der Waals surface area contributed by atoms with Crippen molar-refractivity contribution < 1.29 is 4.39 Å². The van der Waals surface area contributed by atoms with E-state index in [1.54, 1.807) is 0 Å². The van der Waals surface area contributed by atoms with Crippen molar-refractivity contribution >= 4 is 11.6 Å². The predicted molar refractivity (Wildman–Crippen MR) is 75.9 cm³/mol. The molecule has 0 amide bonds. The number of aromatic nitrogens is 2. The highest BCUT2D eigenvalue weighted by Crippen LogP contribution is 2.31. The van der Waals surface area contributed by atoms with E-state index >= 15 is 0 Å². The molecule has 1 aromatic carbocycles. The van der Waals surface area contributed by atoms with Crippen LogP contribution in [0.25, 0.3) is 11.3 Å². The summed E-state index contributed by atoms with van der Waals surface area (Å²) in [5.41, 5.74) is 3.72. The normalized spacial score (nSPS) is 10.8. The van der Waals surface area contributed by atoms with Gasteiger partial charge in [-0.2, -0.15) is 0 Å². The minimum absolute atomic E-state index is 0.260. The highest BCUT2D eigenvalue weighted by molar-refractivity contribution is 6.30. The highest BCUT2D eigenvalue weighted by Gasteiger charge is 2.17. The van der Waals surface area contributed by atoms with Gasteiger partial charge in [-0.05, 0) is 37.5 Å². The van der Waals surface area contributed by atoms with Crippen LogP contribution in [0.3, 0.4) is 0 Å². The summed E-state index contributed by atoms with van der Waals surface area (Å²) in [6, 6.07) is 3.47. The molecular weight excluding hydrogens is 263 g/mol. The fourth-order valence-corrected chi connectivity index (χ4v) is 2.52. The summed E-state index contributed by atoms with van der Waals surface area (Å²) in [6.07, 6.45) is 3.03. The monoisotopic (exact) mass is 278 g/mol. The van der Waals surface area contributed by atoms with Crippen LogP contribution in [0.1, 0.15) is 30.0 Å². The van der Waals surface area contributed by atoms with Crippen LogP contribution in [-0.4, -0.2) is 9.97 Å². The third-order valence-corrected chi connectivity index (χ3v) is 3.39. The van der Waals surface area contributed by atoms with Crippen molar-refractivity contribution in [1.82, 2.24) is 9.97 Å². The Morgan fingerprint density at radius 3 is 2.58 bits per heavy atom. The molecule has 0 spiro atoms. The molecule has 2 nitrogen and oxygen atoms in total. The molecule has 0 bridgehead atoms. The zero-order valence-electron chi connectivity index (χ0n) is 11.3. The topological polar surface area (TPSA) is 25.8 Å². The number of nitrogens with zero attached hydrogens (tertiary/aromatic N) is 2. The molecule has 1 heterocycles. The zero-order valence-corrected chi connectivity index (χ0v) is 12.1. The van der Waals surface area contributed by atoms with Crippen LogP contribution in [0.5, 0.6) is 0 Å². The first-order valence-corrected chi connectivity index (χ1v) is 6.68. The van der Waals surface area contributed by atoms with Crippen molar-refractivity contribution in [2.45, 2.75) is 33.6 Å². The van der Waals surface area contributed by atoms with E-state index in [0.717, 1.165) is 29.5 Å². The summed E-state index contributed by atoms with van der Waals surface area (Å²) in [5.74, 6) is -0.260. The molecule has 2 rings (SSSR count). The first-order valence-electron chi connectivity index (χ1n) is 6.31. The van der Waals surface area contributed by atoms with E-state index in [2.05, 4.69) is 9.97 Å². The van der Waals surface area contributed by atoms with Crippen molar-refractivity contribution in [2.24, 2.45) is 0 Å². The van der Waals surface area contributed by atoms with Crippen LogP contribution >= 0.6 is 11.6 Å². The van der Waals surface area contributed by atoms with E-state index < -0.39 is 0 Å². The minimum atomic E-state index is -0.260. The number of hydrogen-bond donors (Lipinski definition) is 0. The molecule has 0 aliphatic rings. The van der Waals surface area contributed by atoms with Gasteiger partial charge < -0.3 is 0 Å². The van der Waals surface area contributed by atoms with Crippen molar-refractivity contribution in [3.05, 3.63) is 46.1 Å². The SMILES string of the molecule is CCCc1c(Cl)ncnc1-c1c(C)cc(C)cc1F. The summed E-state index contributed by atoms with van der Waals surface area (Å²) in [6.45, 7) is 5.81. The van der Waals surface area contributed by atoms with E-state index in [9.17, 15) is 4.39 Å². The third kappa shape index (κ3) is 2.76. The standard InChI is InChI=1S/C15H16ClFN2/c1-4-5-11-14(18-8-19-15(11)16)13-10(3)6-9(2)7-12(13)17/h6-8H,4-5H2,1-3H3. The molecule has 19 heavy (non-hydrogen) atoms. The van der Waals surface area contributed by atoms with Crippen LogP contribution in [0.2, 0.25) is 5.15 Å². The van der Waals surface area contributed by atoms with E-state index in [4.69, 9.17) is 11.6 Å². The van der Waals surface area contributed by atoms with Gasteiger partial charge in [-0.25, -0.2) is 14.4 Å². The maximum Gasteiger partial charge on any atom is 0.136 e. The average Bonchev–Trinajstić information content (AvgIpc) is 2.32. The molecule has 0 radical (unpaired) electrons. The molecule has 0 fully saturated rings. The molecule has 1 aromatic heterocycles. The van der Waals surface area contributed by atoms with E-state index in [-0.39, 0.29) is 5.82 Å². The van der Waals surface area contributed by atoms with Gasteiger partial charge in [0.2, 0.25) is 0 Å². The Morgan fingerprint density at radius 1 is 1.21 bits per heavy atom. The van der Waals surface area contributed by atoms with Gasteiger partial charge in [0.1, 0.15) is 17.3 Å². The Morgan fingerprint density at radius 2 is 1.95 bits per heavy atom. The lowest BCUT2D eigenvalue weighted by Gasteiger charge is -2.13. The van der Waals surface area contributed by atoms with Crippen molar-refractivity contribution in [1.29, 1.82) is 0 Å². The van der Waals surface area contributed by atoms with Crippen molar-refractivity contribution in [2.75, 3.05) is 0 Å². The quantitative estimate of drug-likeness (QED) is 0.772. The lowest BCUT2D eigenvalue weighted by molar-refractivity contribution is 0.628. The molecule has 0 unspecified atom stereocenters. The average molecular weight is 279 g/mol. The van der Waals surface area contributed by atoms with Crippen molar-refractivity contribution in [3.63, 3.8) is 0 Å².